The lowest BCUT2D eigenvalue weighted by Crippen LogP contribution is -2.28. The van der Waals surface area contributed by atoms with Gasteiger partial charge in [-0.2, -0.15) is 0 Å². The standard InChI is InChI=1S/C16H22O3/c1-11-7-12(2)9-15(8-11)19-14-5-3-13(4-6-14)10-16(17)18/h3-6,11-12,15H,7-10H2,1-2H3,(H,17,18). The topological polar surface area (TPSA) is 46.5 Å². The fourth-order valence-corrected chi connectivity index (χ4v) is 3.02. The van der Waals surface area contributed by atoms with Crippen LogP contribution in [-0.2, 0) is 11.2 Å². The van der Waals surface area contributed by atoms with Crippen molar-refractivity contribution in [3.8, 4) is 5.75 Å². The Morgan fingerprint density at radius 1 is 1.16 bits per heavy atom. The first-order valence-corrected chi connectivity index (χ1v) is 7.00. The predicted molar refractivity (Wildman–Crippen MR) is 74.4 cm³/mol. The largest absolute Gasteiger partial charge is 0.490 e. The first kappa shape index (κ1) is 13.9. The summed E-state index contributed by atoms with van der Waals surface area (Å²) in [7, 11) is 0. The molecule has 2 rings (SSSR count). The molecule has 2 unspecified atom stereocenters. The molecule has 0 amide bonds. The summed E-state index contributed by atoms with van der Waals surface area (Å²) in [5.41, 5.74) is 0.810. The molecule has 2 atom stereocenters. The number of hydrogen-bond acceptors (Lipinski definition) is 2. The van der Waals surface area contributed by atoms with E-state index in [0.29, 0.717) is 6.10 Å². The van der Waals surface area contributed by atoms with E-state index in [0.717, 1.165) is 36.0 Å². The number of rotatable bonds is 4. The van der Waals surface area contributed by atoms with E-state index in [1.165, 1.54) is 6.42 Å². The van der Waals surface area contributed by atoms with Gasteiger partial charge in [-0.15, -0.1) is 0 Å². The van der Waals surface area contributed by atoms with Gasteiger partial charge in [0.25, 0.3) is 0 Å². The van der Waals surface area contributed by atoms with Crippen LogP contribution < -0.4 is 4.74 Å². The van der Waals surface area contributed by atoms with Gasteiger partial charge < -0.3 is 9.84 Å². The molecule has 0 aliphatic heterocycles. The van der Waals surface area contributed by atoms with E-state index in [-0.39, 0.29) is 6.42 Å². The highest BCUT2D eigenvalue weighted by Crippen LogP contribution is 2.31. The summed E-state index contributed by atoms with van der Waals surface area (Å²) in [5.74, 6) is 1.49. The SMILES string of the molecule is CC1CC(C)CC(Oc2ccc(CC(=O)O)cc2)C1. The minimum Gasteiger partial charge on any atom is -0.490 e. The van der Waals surface area contributed by atoms with E-state index in [9.17, 15) is 4.79 Å². The van der Waals surface area contributed by atoms with Gasteiger partial charge in [-0.3, -0.25) is 4.79 Å². The molecule has 3 nitrogen and oxygen atoms in total. The van der Waals surface area contributed by atoms with Crippen LogP contribution in [0.1, 0.15) is 38.7 Å². The van der Waals surface area contributed by atoms with Crippen LogP contribution in [0.4, 0.5) is 0 Å². The van der Waals surface area contributed by atoms with E-state index in [4.69, 9.17) is 9.84 Å². The fraction of sp³-hybridized carbons (Fsp3) is 0.562. The number of carboxylic acids is 1. The Balaban J connectivity index is 1.93. The Bertz CT molecular complexity index is 414. The number of hydrogen-bond donors (Lipinski definition) is 1. The number of ether oxygens (including phenoxy) is 1. The van der Waals surface area contributed by atoms with Gasteiger partial charge in [-0.25, -0.2) is 0 Å². The maximum absolute atomic E-state index is 10.6. The van der Waals surface area contributed by atoms with Crippen molar-refractivity contribution in [3.63, 3.8) is 0 Å². The first-order valence-electron chi connectivity index (χ1n) is 7.00. The molecule has 104 valence electrons. The van der Waals surface area contributed by atoms with Crippen molar-refractivity contribution in [3.05, 3.63) is 29.8 Å². The maximum atomic E-state index is 10.6. The van der Waals surface area contributed by atoms with Gasteiger partial charge in [0.05, 0.1) is 12.5 Å². The van der Waals surface area contributed by atoms with Crippen LogP contribution in [0, 0.1) is 11.8 Å². The van der Waals surface area contributed by atoms with Gasteiger partial charge in [0, 0.05) is 0 Å². The third-order valence-electron chi connectivity index (χ3n) is 3.72. The summed E-state index contributed by atoms with van der Waals surface area (Å²) in [6, 6.07) is 7.42. The molecule has 1 aliphatic carbocycles. The predicted octanol–water partition coefficient (Wildman–Crippen LogP) is 3.52. The quantitative estimate of drug-likeness (QED) is 0.903. The number of aliphatic carboxylic acids is 1. The molecule has 0 saturated heterocycles. The minimum absolute atomic E-state index is 0.0672. The zero-order chi connectivity index (χ0) is 13.8. The normalized spacial score (nSPS) is 26.9. The first-order chi connectivity index (χ1) is 9.02. The van der Waals surface area contributed by atoms with Crippen molar-refractivity contribution in [2.45, 2.75) is 45.6 Å². The molecule has 0 bridgehead atoms. The molecular formula is C16H22O3. The molecule has 0 aromatic heterocycles. The average molecular weight is 262 g/mol. The fourth-order valence-electron chi connectivity index (χ4n) is 3.02. The molecular weight excluding hydrogens is 240 g/mol. The molecule has 19 heavy (non-hydrogen) atoms. The summed E-state index contributed by atoms with van der Waals surface area (Å²) < 4.78 is 6.01. The van der Waals surface area contributed by atoms with Crippen LogP contribution in [0.25, 0.3) is 0 Å². The maximum Gasteiger partial charge on any atom is 0.307 e. The molecule has 0 radical (unpaired) electrons. The van der Waals surface area contributed by atoms with Gasteiger partial charge in [-0.1, -0.05) is 26.0 Å². The van der Waals surface area contributed by atoms with Crippen molar-refractivity contribution in [2.24, 2.45) is 11.8 Å². The van der Waals surface area contributed by atoms with Crippen LogP contribution in [0.2, 0.25) is 0 Å². The van der Waals surface area contributed by atoms with Gasteiger partial charge in [0.15, 0.2) is 0 Å². The second-order valence-corrected chi connectivity index (χ2v) is 5.87. The third-order valence-corrected chi connectivity index (χ3v) is 3.72. The molecule has 1 saturated carbocycles. The van der Waals surface area contributed by atoms with E-state index in [1.807, 2.05) is 24.3 Å². The molecule has 1 aromatic rings. The highest BCUT2D eigenvalue weighted by atomic mass is 16.5. The zero-order valence-electron chi connectivity index (χ0n) is 11.6. The Kier molecular flexibility index (Phi) is 4.46. The molecule has 1 fully saturated rings. The van der Waals surface area contributed by atoms with Crippen LogP contribution >= 0.6 is 0 Å². The molecule has 1 N–H and O–H groups in total. The summed E-state index contributed by atoms with van der Waals surface area (Å²) in [4.78, 5) is 10.6. The number of benzene rings is 1. The number of carboxylic acid groups (broad SMARTS) is 1. The summed E-state index contributed by atoms with van der Waals surface area (Å²) in [6.07, 6.45) is 3.88. The molecule has 0 spiro atoms. The molecule has 0 heterocycles. The molecule has 3 heteroatoms. The van der Waals surface area contributed by atoms with Gasteiger partial charge in [0.1, 0.15) is 5.75 Å². The Morgan fingerprint density at radius 3 is 2.26 bits per heavy atom. The van der Waals surface area contributed by atoms with E-state index >= 15 is 0 Å². The Hall–Kier alpha value is -1.51. The Morgan fingerprint density at radius 2 is 1.74 bits per heavy atom. The summed E-state index contributed by atoms with van der Waals surface area (Å²) >= 11 is 0. The summed E-state index contributed by atoms with van der Waals surface area (Å²) in [6.45, 7) is 4.56. The van der Waals surface area contributed by atoms with Crippen LogP contribution in [0.5, 0.6) is 5.75 Å². The van der Waals surface area contributed by atoms with Crippen molar-refractivity contribution >= 4 is 5.97 Å². The van der Waals surface area contributed by atoms with Crippen LogP contribution in [0.3, 0.4) is 0 Å². The van der Waals surface area contributed by atoms with Crippen molar-refractivity contribution in [2.75, 3.05) is 0 Å². The van der Waals surface area contributed by atoms with E-state index < -0.39 is 5.97 Å². The highest BCUT2D eigenvalue weighted by molar-refractivity contribution is 5.70. The van der Waals surface area contributed by atoms with Crippen molar-refractivity contribution in [1.82, 2.24) is 0 Å². The Labute approximate surface area is 114 Å². The average Bonchev–Trinajstić information content (AvgIpc) is 2.29. The minimum atomic E-state index is -0.802. The molecule has 1 aromatic carbocycles. The third kappa shape index (κ3) is 4.27. The van der Waals surface area contributed by atoms with Crippen LogP contribution in [0.15, 0.2) is 24.3 Å². The lowest BCUT2D eigenvalue weighted by molar-refractivity contribution is -0.136. The van der Waals surface area contributed by atoms with Gasteiger partial charge in [0.2, 0.25) is 0 Å². The summed E-state index contributed by atoms with van der Waals surface area (Å²) in [5, 5.41) is 8.72. The van der Waals surface area contributed by atoms with Crippen molar-refractivity contribution in [1.29, 1.82) is 0 Å². The van der Waals surface area contributed by atoms with E-state index in [1.54, 1.807) is 0 Å². The lowest BCUT2D eigenvalue weighted by atomic mass is 9.82. The second kappa shape index (κ2) is 6.09. The smallest absolute Gasteiger partial charge is 0.307 e. The van der Waals surface area contributed by atoms with Crippen molar-refractivity contribution < 1.29 is 14.6 Å². The zero-order valence-corrected chi connectivity index (χ0v) is 11.6. The second-order valence-electron chi connectivity index (χ2n) is 5.87. The number of carbonyl (C=O) groups is 1. The highest BCUT2D eigenvalue weighted by Gasteiger charge is 2.25. The monoisotopic (exact) mass is 262 g/mol. The van der Waals surface area contributed by atoms with Gasteiger partial charge in [-0.05, 0) is 48.8 Å². The van der Waals surface area contributed by atoms with E-state index in [2.05, 4.69) is 13.8 Å². The van der Waals surface area contributed by atoms with Crippen LogP contribution in [-0.4, -0.2) is 17.2 Å². The lowest BCUT2D eigenvalue weighted by Gasteiger charge is -2.31. The molecule has 1 aliphatic rings. The van der Waals surface area contributed by atoms with Gasteiger partial charge >= 0.3 is 5.97 Å².